The lowest BCUT2D eigenvalue weighted by molar-refractivity contribution is 0.479. The molecule has 1 aromatic heterocycles. The summed E-state index contributed by atoms with van der Waals surface area (Å²) in [6.45, 7) is 0. The van der Waals surface area contributed by atoms with Crippen LogP contribution in [0.4, 0.5) is 5.82 Å². The van der Waals surface area contributed by atoms with Gasteiger partial charge in [-0.1, -0.05) is 12.1 Å². The number of para-hydroxylation sites is 1. The maximum absolute atomic E-state index is 5.67. The summed E-state index contributed by atoms with van der Waals surface area (Å²) >= 11 is 3.41. The molecule has 5 heteroatoms. The number of nitrogens with zero attached hydrogens (tertiary/aromatic N) is 1. The first kappa shape index (κ1) is 10.9. The van der Waals surface area contributed by atoms with E-state index in [-0.39, 0.29) is 0 Å². The third-order valence-corrected chi connectivity index (χ3v) is 2.60. The number of hydrogen-bond donors (Lipinski definition) is 2. The molecule has 0 aliphatic carbocycles. The second-order valence-corrected chi connectivity index (χ2v) is 3.91. The molecule has 2 aromatic rings. The Kier molecular flexibility index (Phi) is 3.38. The van der Waals surface area contributed by atoms with Gasteiger partial charge < -0.3 is 10.2 Å². The molecule has 0 spiro atoms. The highest BCUT2D eigenvalue weighted by molar-refractivity contribution is 9.10. The first-order valence-electron chi connectivity index (χ1n) is 4.64. The van der Waals surface area contributed by atoms with E-state index in [2.05, 4.69) is 26.3 Å². The first-order valence-corrected chi connectivity index (χ1v) is 5.44. The van der Waals surface area contributed by atoms with Crippen molar-refractivity contribution in [2.75, 3.05) is 5.43 Å². The van der Waals surface area contributed by atoms with E-state index in [1.54, 1.807) is 18.3 Å². The van der Waals surface area contributed by atoms with Crippen LogP contribution in [0.3, 0.4) is 0 Å². The van der Waals surface area contributed by atoms with Crippen molar-refractivity contribution in [2.45, 2.75) is 0 Å². The molecule has 4 nitrogen and oxygen atoms in total. The van der Waals surface area contributed by atoms with E-state index >= 15 is 0 Å². The zero-order valence-electron chi connectivity index (χ0n) is 8.35. The molecule has 16 heavy (non-hydrogen) atoms. The molecule has 2 rings (SSSR count). The number of benzene rings is 1. The highest BCUT2D eigenvalue weighted by atomic mass is 79.9. The van der Waals surface area contributed by atoms with Crippen LogP contribution >= 0.6 is 15.9 Å². The van der Waals surface area contributed by atoms with E-state index in [1.807, 2.05) is 24.3 Å². The van der Waals surface area contributed by atoms with Crippen molar-refractivity contribution in [1.82, 2.24) is 4.98 Å². The van der Waals surface area contributed by atoms with Gasteiger partial charge in [-0.05, 0) is 34.1 Å². The van der Waals surface area contributed by atoms with Gasteiger partial charge >= 0.3 is 0 Å². The van der Waals surface area contributed by atoms with Crippen molar-refractivity contribution >= 4 is 21.7 Å². The topological polar surface area (TPSA) is 60.2 Å². The summed E-state index contributed by atoms with van der Waals surface area (Å²) in [6, 6.07) is 11.1. The Bertz CT molecular complexity index is 490. The van der Waals surface area contributed by atoms with Crippen LogP contribution in [-0.2, 0) is 0 Å². The standard InChI is InChI=1S/C11H10BrN3O/c12-9-3-1-2-4-10(9)16-8-5-6-14-11(7-8)15-13/h1-7H,13H2,(H,14,15). The van der Waals surface area contributed by atoms with Crippen LogP contribution in [-0.4, -0.2) is 4.98 Å². The summed E-state index contributed by atoms with van der Waals surface area (Å²) in [5, 5.41) is 0. The number of pyridine rings is 1. The average molecular weight is 280 g/mol. The van der Waals surface area contributed by atoms with Gasteiger partial charge in [-0.3, -0.25) is 0 Å². The summed E-state index contributed by atoms with van der Waals surface area (Å²) in [4.78, 5) is 3.99. The van der Waals surface area contributed by atoms with E-state index < -0.39 is 0 Å². The lowest BCUT2D eigenvalue weighted by atomic mass is 10.3. The highest BCUT2D eigenvalue weighted by Crippen LogP contribution is 2.29. The summed E-state index contributed by atoms with van der Waals surface area (Å²) in [7, 11) is 0. The second kappa shape index (κ2) is 4.96. The van der Waals surface area contributed by atoms with Crippen LogP contribution in [0.15, 0.2) is 47.1 Å². The smallest absolute Gasteiger partial charge is 0.143 e. The minimum Gasteiger partial charge on any atom is -0.456 e. The molecule has 0 aliphatic rings. The second-order valence-electron chi connectivity index (χ2n) is 3.05. The summed E-state index contributed by atoms with van der Waals surface area (Å²) in [5.74, 6) is 7.25. The third-order valence-electron chi connectivity index (χ3n) is 1.94. The Balaban J connectivity index is 2.24. The van der Waals surface area contributed by atoms with Crippen molar-refractivity contribution in [3.63, 3.8) is 0 Å². The predicted octanol–water partition coefficient (Wildman–Crippen LogP) is 2.92. The van der Waals surface area contributed by atoms with Crippen LogP contribution in [0.5, 0.6) is 11.5 Å². The van der Waals surface area contributed by atoms with Crippen LogP contribution in [0.1, 0.15) is 0 Å². The van der Waals surface area contributed by atoms with Crippen molar-refractivity contribution < 1.29 is 4.74 Å². The largest absolute Gasteiger partial charge is 0.456 e. The number of nitrogens with two attached hydrogens (primary N) is 1. The fraction of sp³-hybridized carbons (Fsp3) is 0. The average Bonchev–Trinajstić information content (AvgIpc) is 2.32. The van der Waals surface area contributed by atoms with Gasteiger partial charge in [-0.2, -0.15) is 0 Å². The fourth-order valence-electron chi connectivity index (χ4n) is 1.21. The van der Waals surface area contributed by atoms with Gasteiger partial charge in [0.05, 0.1) is 4.47 Å². The normalized spacial score (nSPS) is 9.88. The lowest BCUT2D eigenvalue weighted by Gasteiger charge is -2.08. The Morgan fingerprint density at radius 3 is 2.81 bits per heavy atom. The third kappa shape index (κ3) is 2.50. The van der Waals surface area contributed by atoms with Crippen molar-refractivity contribution in [1.29, 1.82) is 0 Å². The lowest BCUT2D eigenvalue weighted by Crippen LogP contribution is -2.08. The minimum absolute atomic E-state index is 0.560. The molecule has 0 saturated heterocycles. The molecule has 0 aliphatic heterocycles. The number of nitrogen functional groups attached to an aromatic ring is 1. The van der Waals surface area contributed by atoms with Crippen molar-refractivity contribution in [2.24, 2.45) is 5.84 Å². The maximum atomic E-state index is 5.67. The first-order chi connectivity index (χ1) is 7.79. The molecule has 0 unspecified atom stereocenters. The van der Waals surface area contributed by atoms with Crippen LogP contribution in [0.25, 0.3) is 0 Å². The molecule has 0 atom stereocenters. The van der Waals surface area contributed by atoms with Crippen LogP contribution < -0.4 is 16.0 Å². The molecular weight excluding hydrogens is 270 g/mol. The van der Waals surface area contributed by atoms with Gasteiger partial charge in [0.1, 0.15) is 17.3 Å². The maximum Gasteiger partial charge on any atom is 0.143 e. The Morgan fingerprint density at radius 2 is 2.06 bits per heavy atom. The zero-order valence-corrected chi connectivity index (χ0v) is 9.94. The molecule has 0 fully saturated rings. The molecule has 3 N–H and O–H groups in total. The predicted molar refractivity (Wildman–Crippen MR) is 66.3 cm³/mol. The summed E-state index contributed by atoms with van der Waals surface area (Å²) in [6.07, 6.45) is 1.63. The van der Waals surface area contributed by atoms with Crippen LogP contribution in [0.2, 0.25) is 0 Å². The fourth-order valence-corrected chi connectivity index (χ4v) is 1.57. The molecule has 1 aromatic carbocycles. The number of hydrogen-bond acceptors (Lipinski definition) is 4. The van der Waals surface area contributed by atoms with E-state index in [0.29, 0.717) is 11.6 Å². The van der Waals surface area contributed by atoms with E-state index in [1.165, 1.54) is 0 Å². The van der Waals surface area contributed by atoms with Crippen LogP contribution in [0, 0.1) is 0 Å². The number of anilines is 1. The van der Waals surface area contributed by atoms with Crippen molar-refractivity contribution in [3.05, 3.63) is 47.1 Å². The monoisotopic (exact) mass is 279 g/mol. The molecule has 82 valence electrons. The Labute approximate surface area is 102 Å². The molecule has 0 radical (unpaired) electrons. The number of ether oxygens (including phenoxy) is 1. The summed E-state index contributed by atoms with van der Waals surface area (Å²) < 4.78 is 6.57. The van der Waals surface area contributed by atoms with Gasteiger partial charge in [0.25, 0.3) is 0 Å². The SMILES string of the molecule is NNc1cc(Oc2ccccc2Br)ccn1. The van der Waals surface area contributed by atoms with Gasteiger partial charge in [0, 0.05) is 12.3 Å². The quantitative estimate of drug-likeness (QED) is 0.670. The van der Waals surface area contributed by atoms with E-state index in [9.17, 15) is 0 Å². The summed E-state index contributed by atoms with van der Waals surface area (Å²) in [5.41, 5.74) is 2.46. The van der Waals surface area contributed by atoms with Gasteiger partial charge in [0.2, 0.25) is 0 Å². The number of nitrogens with one attached hydrogen (secondary N) is 1. The van der Waals surface area contributed by atoms with E-state index in [0.717, 1.165) is 10.2 Å². The number of halogens is 1. The van der Waals surface area contributed by atoms with Gasteiger partial charge in [-0.15, -0.1) is 0 Å². The molecule has 0 bridgehead atoms. The van der Waals surface area contributed by atoms with E-state index in [4.69, 9.17) is 10.6 Å². The number of aromatic nitrogens is 1. The minimum atomic E-state index is 0.560. The number of hydrazine groups is 1. The Hall–Kier alpha value is -1.59. The Morgan fingerprint density at radius 1 is 1.25 bits per heavy atom. The number of rotatable bonds is 3. The highest BCUT2D eigenvalue weighted by Gasteiger charge is 2.02. The molecule has 0 saturated carbocycles. The molecular formula is C11H10BrN3O. The molecule has 1 heterocycles. The van der Waals surface area contributed by atoms with Crippen molar-refractivity contribution in [3.8, 4) is 11.5 Å². The zero-order chi connectivity index (χ0) is 11.4. The molecule has 0 amide bonds. The van der Waals surface area contributed by atoms with Gasteiger partial charge in [-0.25, -0.2) is 10.8 Å². The van der Waals surface area contributed by atoms with Gasteiger partial charge in [0.15, 0.2) is 0 Å².